The Labute approximate surface area is 181 Å². The number of fused-ring (bicyclic) bond motifs is 2. The SMILES string of the molecule is CCCC(NC(=O)NC(c1ccc2c(c1)OCCO2)C1CC1)c1nnc2ccccn12. The molecule has 2 aromatic heterocycles. The van der Waals surface area contributed by atoms with Crippen molar-refractivity contribution in [1.82, 2.24) is 25.2 Å². The van der Waals surface area contributed by atoms with Crippen LogP contribution in [0.25, 0.3) is 5.65 Å². The lowest BCUT2D eigenvalue weighted by Crippen LogP contribution is -2.41. The molecule has 2 amide bonds. The van der Waals surface area contributed by atoms with Gasteiger partial charge in [0.15, 0.2) is 23.0 Å². The zero-order chi connectivity index (χ0) is 21.2. The predicted molar refractivity (Wildman–Crippen MR) is 115 cm³/mol. The van der Waals surface area contributed by atoms with E-state index in [1.807, 2.05) is 47.0 Å². The van der Waals surface area contributed by atoms with Crippen LogP contribution in [-0.2, 0) is 0 Å². The molecule has 1 aliphatic heterocycles. The Hall–Kier alpha value is -3.29. The minimum Gasteiger partial charge on any atom is -0.486 e. The summed E-state index contributed by atoms with van der Waals surface area (Å²) in [4.78, 5) is 13.0. The van der Waals surface area contributed by atoms with Gasteiger partial charge in [-0.25, -0.2) is 4.79 Å². The van der Waals surface area contributed by atoms with E-state index in [0.717, 1.165) is 54.2 Å². The van der Waals surface area contributed by atoms with Crippen LogP contribution in [0.4, 0.5) is 4.79 Å². The van der Waals surface area contributed by atoms with Gasteiger partial charge in [-0.2, -0.15) is 0 Å². The van der Waals surface area contributed by atoms with Crippen molar-refractivity contribution in [1.29, 1.82) is 0 Å². The van der Waals surface area contributed by atoms with E-state index in [1.165, 1.54) is 0 Å². The summed E-state index contributed by atoms with van der Waals surface area (Å²) in [6, 6.07) is 11.2. The lowest BCUT2D eigenvalue weighted by molar-refractivity contribution is 0.171. The smallest absolute Gasteiger partial charge is 0.315 e. The summed E-state index contributed by atoms with van der Waals surface area (Å²) in [7, 11) is 0. The van der Waals surface area contributed by atoms with E-state index in [9.17, 15) is 4.79 Å². The molecule has 5 rings (SSSR count). The van der Waals surface area contributed by atoms with Gasteiger partial charge in [0.05, 0.1) is 12.1 Å². The molecule has 3 heterocycles. The minimum atomic E-state index is -0.220. The minimum absolute atomic E-state index is 0.0618. The number of pyridine rings is 1. The van der Waals surface area contributed by atoms with E-state index >= 15 is 0 Å². The van der Waals surface area contributed by atoms with Gasteiger partial charge in [-0.3, -0.25) is 4.40 Å². The molecule has 2 unspecified atom stereocenters. The van der Waals surface area contributed by atoms with Gasteiger partial charge in [0, 0.05) is 6.20 Å². The molecule has 0 radical (unpaired) electrons. The number of urea groups is 1. The van der Waals surface area contributed by atoms with Crippen LogP contribution < -0.4 is 20.1 Å². The highest BCUT2D eigenvalue weighted by molar-refractivity contribution is 5.75. The Morgan fingerprint density at radius 2 is 1.97 bits per heavy atom. The Kier molecular flexibility index (Phi) is 5.36. The van der Waals surface area contributed by atoms with Crippen LogP contribution in [0.3, 0.4) is 0 Å². The number of ether oxygens (including phenoxy) is 2. The van der Waals surface area contributed by atoms with Crippen molar-refractivity contribution in [2.45, 2.75) is 44.7 Å². The summed E-state index contributed by atoms with van der Waals surface area (Å²) in [5.74, 6) is 2.69. The van der Waals surface area contributed by atoms with Gasteiger partial charge in [-0.05, 0) is 55.0 Å². The highest BCUT2D eigenvalue weighted by Crippen LogP contribution is 2.43. The third-order valence-electron chi connectivity index (χ3n) is 5.84. The molecule has 2 atom stereocenters. The van der Waals surface area contributed by atoms with Crippen LogP contribution in [0.15, 0.2) is 42.6 Å². The van der Waals surface area contributed by atoms with Crippen molar-refractivity contribution in [2.75, 3.05) is 13.2 Å². The number of hydrogen-bond donors (Lipinski definition) is 2. The number of rotatable bonds is 7. The third kappa shape index (κ3) is 4.15. The highest BCUT2D eigenvalue weighted by Gasteiger charge is 2.34. The van der Waals surface area contributed by atoms with E-state index in [2.05, 4.69) is 27.8 Å². The van der Waals surface area contributed by atoms with Crippen LogP contribution >= 0.6 is 0 Å². The molecule has 162 valence electrons. The molecule has 1 saturated carbocycles. The van der Waals surface area contributed by atoms with Crippen LogP contribution in [0.1, 0.15) is 56.1 Å². The Morgan fingerprint density at radius 3 is 2.77 bits per heavy atom. The number of nitrogens with one attached hydrogen (secondary N) is 2. The van der Waals surface area contributed by atoms with Gasteiger partial charge in [0.2, 0.25) is 0 Å². The molecular weight excluding hydrogens is 394 g/mol. The quantitative estimate of drug-likeness (QED) is 0.606. The zero-order valence-electron chi connectivity index (χ0n) is 17.6. The van der Waals surface area contributed by atoms with E-state index in [4.69, 9.17) is 9.47 Å². The molecule has 3 aromatic rings. The largest absolute Gasteiger partial charge is 0.486 e. The van der Waals surface area contributed by atoms with Gasteiger partial charge in [0.1, 0.15) is 13.2 Å². The summed E-state index contributed by atoms with van der Waals surface area (Å²) in [6.07, 6.45) is 5.83. The number of nitrogens with zero attached hydrogens (tertiary/aromatic N) is 3. The second-order valence-corrected chi connectivity index (χ2v) is 8.16. The summed E-state index contributed by atoms with van der Waals surface area (Å²) < 4.78 is 13.3. The lowest BCUT2D eigenvalue weighted by Gasteiger charge is -2.24. The van der Waals surface area contributed by atoms with Crippen LogP contribution in [0.2, 0.25) is 0 Å². The highest BCUT2D eigenvalue weighted by atomic mass is 16.6. The number of hydrogen-bond acceptors (Lipinski definition) is 5. The fraction of sp³-hybridized carbons (Fsp3) is 0.435. The third-order valence-corrected chi connectivity index (χ3v) is 5.84. The Bertz CT molecular complexity index is 1080. The standard InChI is InChI=1S/C23H27N5O3/c1-2-5-17(22-27-26-20-6-3-4-11-28(20)22)24-23(29)25-21(15-7-8-15)16-9-10-18-19(14-16)31-13-12-30-18/h3-4,6,9-11,14-15,17,21H,2,5,7-8,12-13H2,1H3,(H2,24,25,29). The fourth-order valence-electron chi connectivity index (χ4n) is 4.15. The molecule has 2 aliphatic rings. The maximum atomic E-state index is 13.0. The van der Waals surface area contributed by atoms with Crippen molar-refractivity contribution in [3.63, 3.8) is 0 Å². The van der Waals surface area contributed by atoms with Crippen molar-refractivity contribution >= 4 is 11.7 Å². The first kappa shape index (κ1) is 19.7. The Morgan fingerprint density at radius 1 is 1.13 bits per heavy atom. The van der Waals surface area contributed by atoms with Gasteiger partial charge in [0.25, 0.3) is 0 Å². The van der Waals surface area contributed by atoms with Gasteiger partial charge in [-0.15, -0.1) is 10.2 Å². The van der Waals surface area contributed by atoms with E-state index in [0.29, 0.717) is 19.1 Å². The number of carbonyl (C=O) groups is 1. The van der Waals surface area contributed by atoms with E-state index in [1.54, 1.807) is 0 Å². The fourth-order valence-corrected chi connectivity index (χ4v) is 4.15. The molecular formula is C23H27N5O3. The molecule has 0 bridgehead atoms. The number of carbonyl (C=O) groups excluding carboxylic acids is 1. The lowest BCUT2D eigenvalue weighted by atomic mass is 10.0. The van der Waals surface area contributed by atoms with Gasteiger partial charge < -0.3 is 20.1 Å². The second kappa shape index (κ2) is 8.45. The summed E-state index contributed by atoms with van der Waals surface area (Å²) >= 11 is 0. The van der Waals surface area contributed by atoms with Crippen LogP contribution in [0.5, 0.6) is 11.5 Å². The molecule has 1 aromatic carbocycles. The topological polar surface area (TPSA) is 89.8 Å². The summed E-state index contributed by atoms with van der Waals surface area (Å²) in [6.45, 7) is 3.21. The first-order chi connectivity index (χ1) is 15.2. The van der Waals surface area contributed by atoms with Crippen molar-refractivity contribution in [3.05, 3.63) is 54.0 Å². The monoisotopic (exact) mass is 421 g/mol. The normalized spacial score (nSPS) is 17.2. The molecule has 0 spiro atoms. The van der Waals surface area contributed by atoms with Crippen molar-refractivity contribution in [2.24, 2.45) is 5.92 Å². The average Bonchev–Trinajstić information content (AvgIpc) is 3.55. The number of aromatic nitrogens is 3. The molecule has 31 heavy (non-hydrogen) atoms. The molecule has 8 heteroatoms. The maximum absolute atomic E-state index is 13.0. The van der Waals surface area contributed by atoms with E-state index in [-0.39, 0.29) is 18.1 Å². The maximum Gasteiger partial charge on any atom is 0.315 e. The second-order valence-electron chi connectivity index (χ2n) is 8.16. The van der Waals surface area contributed by atoms with Crippen LogP contribution in [0, 0.1) is 5.92 Å². The Balaban J connectivity index is 1.33. The summed E-state index contributed by atoms with van der Waals surface area (Å²) in [5.41, 5.74) is 1.81. The molecule has 1 fully saturated rings. The summed E-state index contributed by atoms with van der Waals surface area (Å²) in [5, 5.41) is 14.9. The predicted octanol–water partition coefficient (Wildman–Crippen LogP) is 3.79. The van der Waals surface area contributed by atoms with E-state index < -0.39 is 0 Å². The van der Waals surface area contributed by atoms with Crippen molar-refractivity contribution < 1.29 is 14.3 Å². The first-order valence-electron chi connectivity index (χ1n) is 11.0. The molecule has 1 aliphatic carbocycles. The first-order valence-corrected chi connectivity index (χ1v) is 11.0. The average molecular weight is 422 g/mol. The zero-order valence-corrected chi connectivity index (χ0v) is 17.6. The molecule has 8 nitrogen and oxygen atoms in total. The van der Waals surface area contributed by atoms with Gasteiger partial charge in [-0.1, -0.05) is 25.5 Å². The van der Waals surface area contributed by atoms with Gasteiger partial charge >= 0.3 is 6.03 Å². The number of benzene rings is 1. The van der Waals surface area contributed by atoms with Crippen molar-refractivity contribution in [3.8, 4) is 11.5 Å². The molecule has 2 N–H and O–H groups in total. The number of amides is 2. The molecule has 0 saturated heterocycles. The van der Waals surface area contributed by atoms with Crippen LogP contribution in [-0.4, -0.2) is 33.8 Å².